The predicted octanol–water partition coefficient (Wildman–Crippen LogP) is 4.66. The summed E-state index contributed by atoms with van der Waals surface area (Å²) >= 11 is 1.30. The highest BCUT2D eigenvalue weighted by molar-refractivity contribution is 7.18. The summed E-state index contributed by atoms with van der Waals surface area (Å²) in [6.45, 7) is 1.57. The van der Waals surface area contributed by atoms with Crippen LogP contribution in [-0.2, 0) is 15.8 Å². The second kappa shape index (κ2) is 10.4. The van der Waals surface area contributed by atoms with Crippen LogP contribution in [0.2, 0.25) is 0 Å². The first kappa shape index (κ1) is 29.8. The molecule has 2 aromatic heterocycles. The fraction of sp³-hybridized carbons (Fsp3) is 0.333. The largest absolute Gasteiger partial charge is 0.489 e. The molecule has 1 fully saturated rings. The molecule has 44 heavy (non-hydrogen) atoms. The SMILES string of the molecule is Cc1nc2c(OC3CC3)cc(C(=O)NCC(O)(c3cc4c(c(-c5ccc(F)cc5)n3)OC[C@]4(C)C(N)=O)C(F)(F)F)cc2s1. The summed E-state index contributed by atoms with van der Waals surface area (Å²) in [5, 5.41) is 14.2. The predicted molar refractivity (Wildman–Crippen MR) is 152 cm³/mol. The maximum atomic E-state index is 14.7. The first-order valence-corrected chi connectivity index (χ1v) is 14.4. The number of hydrogen-bond donors (Lipinski definition) is 3. The minimum Gasteiger partial charge on any atom is -0.489 e. The minimum atomic E-state index is -5.34. The molecule has 2 atom stereocenters. The van der Waals surface area contributed by atoms with Crippen LogP contribution in [0.4, 0.5) is 17.6 Å². The Kier molecular flexibility index (Phi) is 7.04. The van der Waals surface area contributed by atoms with Gasteiger partial charge in [0.2, 0.25) is 11.5 Å². The van der Waals surface area contributed by atoms with E-state index in [-0.39, 0.29) is 40.8 Å². The average molecular weight is 631 g/mol. The fourth-order valence-electron chi connectivity index (χ4n) is 4.94. The van der Waals surface area contributed by atoms with E-state index in [1.54, 1.807) is 6.92 Å². The van der Waals surface area contributed by atoms with Crippen LogP contribution in [-0.4, -0.2) is 52.3 Å². The van der Waals surface area contributed by atoms with Crippen molar-refractivity contribution >= 4 is 33.4 Å². The molecule has 2 aromatic carbocycles. The zero-order valence-corrected chi connectivity index (χ0v) is 24.2. The zero-order chi connectivity index (χ0) is 31.6. The third-order valence-corrected chi connectivity index (χ3v) is 8.70. The Morgan fingerprint density at radius 1 is 1.18 bits per heavy atom. The summed E-state index contributed by atoms with van der Waals surface area (Å²) in [5.74, 6) is -2.05. The van der Waals surface area contributed by atoms with E-state index in [0.29, 0.717) is 16.0 Å². The number of pyridine rings is 1. The highest BCUT2D eigenvalue weighted by atomic mass is 32.1. The molecular weight excluding hydrogens is 604 g/mol. The summed E-state index contributed by atoms with van der Waals surface area (Å²) in [5.41, 5.74) is -0.0297. The summed E-state index contributed by atoms with van der Waals surface area (Å²) in [7, 11) is 0. The number of carbonyl (C=O) groups is 2. The van der Waals surface area contributed by atoms with Crippen molar-refractivity contribution in [2.24, 2.45) is 5.73 Å². The number of aromatic nitrogens is 2. The molecule has 0 bridgehead atoms. The number of hydrogen-bond acceptors (Lipinski definition) is 8. The van der Waals surface area contributed by atoms with E-state index < -0.39 is 47.1 Å². The molecule has 0 radical (unpaired) electrons. The Bertz CT molecular complexity index is 1810. The lowest BCUT2D eigenvalue weighted by molar-refractivity contribution is -0.265. The number of carbonyl (C=O) groups excluding carboxylic acids is 2. The van der Waals surface area contributed by atoms with Crippen LogP contribution in [0.1, 0.15) is 46.4 Å². The molecule has 9 nitrogen and oxygen atoms in total. The summed E-state index contributed by atoms with van der Waals surface area (Å²) < 4.78 is 70.0. The molecule has 3 heterocycles. The van der Waals surface area contributed by atoms with Gasteiger partial charge in [-0.15, -0.1) is 11.3 Å². The number of amides is 2. The molecule has 1 aliphatic heterocycles. The van der Waals surface area contributed by atoms with Crippen LogP contribution in [0.25, 0.3) is 21.5 Å². The maximum absolute atomic E-state index is 14.7. The number of benzene rings is 2. The van der Waals surface area contributed by atoms with Crippen molar-refractivity contribution < 1.29 is 41.7 Å². The first-order valence-electron chi connectivity index (χ1n) is 13.6. The van der Waals surface area contributed by atoms with E-state index in [1.165, 1.54) is 42.5 Å². The van der Waals surface area contributed by atoms with Crippen molar-refractivity contribution in [2.75, 3.05) is 13.2 Å². The Labute approximate surface area is 252 Å². The van der Waals surface area contributed by atoms with Crippen LogP contribution in [0.15, 0.2) is 42.5 Å². The molecule has 2 amide bonds. The van der Waals surface area contributed by atoms with Crippen LogP contribution in [0.3, 0.4) is 0 Å². The second-order valence-corrected chi connectivity index (χ2v) is 12.4. The Hall–Kier alpha value is -4.30. The van der Waals surface area contributed by atoms with Gasteiger partial charge in [0.1, 0.15) is 40.5 Å². The van der Waals surface area contributed by atoms with Crippen LogP contribution < -0.4 is 20.5 Å². The molecule has 230 valence electrons. The maximum Gasteiger partial charge on any atom is 0.424 e. The normalized spacial score (nSPS) is 19.2. The Morgan fingerprint density at radius 3 is 2.52 bits per heavy atom. The summed E-state index contributed by atoms with van der Waals surface area (Å²) in [4.78, 5) is 34.2. The van der Waals surface area contributed by atoms with Gasteiger partial charge in [-0.1, -0.05) is 0 Å². The topological polar surface area (TPSA) is 137 Å². The van der Waals surface area contributed by atoms with Gasteiger partial charge in [0, 0.05) is 16.7 Å². The zero-order valence-electron chi connectivity index (χ0n) is 23.4. The van der Waals surface area contributed by atoms with Gasteiger partial charge in [-0.25, -0.2) is 14.4 Å². The molecule has 4 aromatic rings. The highest BCUT2D eigenvalue weighted by Gasteiger charge is 2.57. The van der Waals surface area contributed by atoms with Crippen LogP contribution >= 0.6 is 11.3 Å². The van der Waals surface area contributed by atoms with Gasteiger partial charge in [-0.3, -0.25) is 9.59 Å². The van der Waals surface area contributed by atoms with Crippen LogP contribution in [0, 0.1) is 12.7 Å². The van der Waals surface area contributed by atoms with Crippen molar-refractivity contribution in [3.05, 3.63) is 70.1 Å². The summed E-state index contributed by atoms with van der Waals surface area (Å²) in [6.07, 6.45) is -3.69. The first-order chi connectivity index (χ1) is 20.7. The number of aliphatic hydroxyl groups is 1. The van der Waals surface area contributed by atoms with Crippen molar-refractivity contribution in [3.8, 4) is 22.8 Å². The van der Waals surface area contributed by atoms with Crippen molar-refractivity contribution in [1.29, 1.82) is 0 Å². The molecule has 1 unspecified atom stereocenters. The van der Waals surface area contributed by atoms with Gasteiger partial charge < -0.3 is 25.6 Å². The molecule has 6 rings (SSSR count). The van der Waals surface area contributed by atoms with Crippen molar-refractivity contribution in [1.82, 2.24) is 15.3 Å². The lowest BCUT2D eigenvalue weighted by Crippen LogP contribution is -2.51. The number of ether oxygens (including phenoxy) is 2. The molecule has 0 saturated heterocycles. The quantitative estimate of drug-likeness (QED) is 0.241. The average Bonchev–Trinajstić information content (AvgIpc) is 3.60. The molecule has 0 spiro atoms. The van der Waals surface area contributed by atoms with E-state index in [1.807, 2.05) is 0 Å². The van der Waals surface area contributed by atoms with E-state index in [9.17, 15) is 32.3 Å². The minimum absolute atomic E-state index is 0.0185. The van der Waals surface area contributed by atoms with Gasteiger partial charge in [0.15, 0.2) is 0 Å². The number of alkyl halides is 3. The molecule has 1 saturated carbocycles. The lowest BCUT2D eigenvalue weighted by atomic mass is 9.81. The standard InChI is InChI=1S/C30H26F4N4O5S/c1-14-37-24-20(43-18-7-8-18)9-16(10-21(24)44-14)26(39)36-12-29(41,30(32,33)34)22-11-19-25(42-13-28(19,2)27(35)40)23(38-22)15-3-5-17(31)6-4-15/h3-6,9-11,18,41H,7-8,12-13H2,1-2H3,(H2,35,40)(H,36,39)/t28-,29?/m0/s1. The van der Waals surface area contributed by atoms with Crippen molar-refractivity contribution in [3.63, 3.8) is 0 Å². The smallest absolute Gasteiger partial charge is 0.424 e. The molecule has 14 heteroatoms. The Balaban J connectivity index is 1.40. The number of thiazole rings is 1. The van der Waals surface area contributed by atoms with Crippen LogP contribution in [0.5, 0.6) is 11.5 Å². The number of nitrogens with one attached hydrogen (secondary N) is 1. The van der Waals surface area contributed by atoms with Crippen molar-refractivity contribution in [2.45, 2.75) is 50.0 Å². The van der Waals surface area contributed by atoms with Gasteiger partial charge in [0.25, 0.3) is 5.91 Å². The van der Waals surface area contributed by atoms with E-state index in [4.69, 9.17) is 15.2 Å². The second-order valence-electron chi connectivity index (χ2n) is 11.1. The van der Waals surface area contributed by atoms with E-state index >= 15 is 0 Å². The lowest BCUT2D eigenvalue weighted by Gasteiger charge is -2.31. The third-order valence-electron chi connectivity index (χ3n) is 7.78. The molecule has 4 N–H and O–H groups in total. The van der Waals surface area contributed by atoms with E-state index in [0.717, 1.165) is 36.0 Å². The number of rotatable bonds is 8. The van der Waals surface area contributed by atoms with Gasteiger partial charge in [-0.05, 0) is 69.2 Å². The Morgan fingerprint density at radius 2 is 1.89 bits per heavy atom. The van der Waals surface area contributed by atoms with E-state index in [2.05, 4.69) is 15.3 Å². The number of halogens is 4. The van der Waals surface area contributed by atoms with Gasteiger partial charge in [0.05, 0.1) is 28.1 Å². The van der Waals surface area contributed by atoms with Gasteiger partial charge >= 0.3 is 6.18 Å². The van der Waals surface area contributed by atoms with Gasteiger partial charge in [-0.2, -0.15) is 13.2 Å². The number of fused-ring (bicyclic) bond motifs is 2. The number of nitrogens with zero attached hydrogens (tertiary/aromatic N) is 2. The third kappa shape index (κ3) is 5.11. The summed E-state index contributed by atoms with van der Waals surface area (Å²) in [6, 6.07) is 8.53. The number of primary amides is 1. The molecular formula is C30H26F4N4O5S. The molecule has 1 aliphatic carbocycles. The number of nitrogens with two attached hydrogens (primary N) is 1. The highest BCUT2D eigenvalue weighted by Crippen LogP contribution is 2.48. The monoisotopic (exact) mass is 630 g/mol. The molecule has 2 aliphatic rings. The number of aryl methyl sites for hydroxylation is 1. The fourth-order valence-corrected chi connectivity index (χ4v) is 5.83.